The van der Waals surface area contributed by atoms with E-state index >= 15 is 0 Å². The summed E-state index contributed by atoms with van der Waals surface area (Å²) in [6, 6.07) is 14.4. The van der Waals surface area contributed by atoms with Gasteiger partial charge in [-0.05, 0) is 24.6 Å². The first-order chi connectivity index (χ1) is 12.5. The molecule has 26 heavy (non-hydrogen) atoms. The fourth-order valence-corrected chi connectivity index (χ4v) is 3.15. The van der Waals surface area contributed by atoms with Gasteiger partial charge in [0.2, 0.25) is 5.91 Å². The largest absolute Gasteiger partial charge is 0.351 e. The van der Waals surface area contributed by atoms with Gasteiger partial charge in [-0.3, -0.25) is 4.79 Å². The molecule has 0 bridgehead atoms. The van der Waals surface area contributed by atoms with E-state index in [0.29, 0.717) is 23.1 Å². The number of aromatic nitrogens is 3. The number of hydrogen-bond donors (Lipinski definition) is 1. The highest BCUT2D eigenvalue weighted by atomic mass is 32.2. The van der Waals surface area contributed by atoms with Gasteiger partial charge in [-0.2, -0.15) is 0 Å². The number of rotatable bonds is 6. The summed E-state index contributed by atoms with van der Waals surface area (Å²) >= 11 is 1.27. The van der Waals surface area contributed by atoms with E-state index in [0.717, 1.165) is 5.56 Å². The van der Waals surface area contributed by atoms with Crippen LogP contribution in [-0.4, -0.2) is 26.4 Å². The predicted octanol–water partition coefficient (Wildman–Crippen LogP) is 3.34. The van der Waals surface area contributed by atoms with Crippen molar-refractivity contribution in [1.29, 1.82) is 0 Å². The van der Waals surface area contributed by atoms with Gasteiger partial charge in [-0.1, -0.05) is 53.7 Å². The first kappa shape index (κ1) is 18.1. The van der Waals surface area contributed by atoms with E-state index in [1.54, 1.807) is 29.8 Å². The number of hydrogen-bond acceptors (Lipinski definition) is 4. The van der Waals surface area contributed by atoms with Gasteiger partial charge in [0.05, 0.1) is 11.3 Å². The molecule has 0 unspecified atom stereocenters. The van der Waals surface area contributed by atoms with Crippen LogP contribution in [0.25, 0.3) is 11.4 Å². The molecule has 5 nitrogen and oxygen atoms in total. The molecule has 0 spiro atoms. The van der Waals surface area contributed by atoms with Crippen LogP contribution in [0.2, 0.25) is 0 Å². The Balaban J connectivity index is 1.57. The van der Waals surface area contributed by atoms with E-state index in [4.69, 9.17) is 0 Å². The minimum absolute atomic E-state index is 0.0917. The van der Waals surface area contributed by atoms with Gasteiger partial charge in [0.1, 0.15) is 5.82 Å². The highest BCUT2D eigenvalue weighted by Gasteiger charge is 2.15. The lowest BCUT2D eigenvalue weighted by molar-refractivity contribution is -0.118. The molecule has 3 aromatic rings. The van der Waals surface area contributed by atoms with E-state index < -0.39 is 0 Å². The van der Waals surface area contributed by atoms with Crippen molar-refractivity contribution in [3.63, 3.8) is 0 Å². The zero-order chi connectivity index (χ0) is 18.5. The SMILES string of the molecule is Cc1ccc(CNC(=O)CSc2nnc(-c3ccccc3F)n2C)cc1. The second-order valence-corrected chi connectivity index (χ2v) is 6.84. The third-order valence-corrected chi connectivity index (χ3v) is 4.91. The molecular weight excluding hydrogens is 351 g/mol. The van der Waals surface area contributed by atoms with Crippen molar-refractivity contribution in [2.45, 2.75) is 18.6 Å². The van der Waals surface area contributed by atoms with Gasteiger partial charge in [0.25, 0.3) is 0 Å². The topological polar surface area (TPSA) is 59.8 Å². The van der Waals surface area contributed by atoms with Crippen LogP contribution in [0.5, 0.6) is 0 Å². The number of nitrogens with one attached hydrogen (secondary N) is 1. The van der Waals surface area contributed by atoms with Gasteiger partial charge in [0.15, 0.2) is 11.0 Å². The van der Waals surface area contributed by atoms with Gasteiger partial charge < -0.3 is 9.88 Å². The Morgan fingerprint density at radius 2 is 1.88 bits per heavy atom. The summed E-state index contributed by atoms with van der Waals surface area (Å²) in [4.78, 5) is 12.0. The lowest BCUT2D eigenvalue weighted by Crippen LogP contribution is -2.24. The average Bonchev–Trinajstić information content (AvgIpc) is 3.00. The van der Waals surface area contributed by atoms with E-state index in [1.165, 1.54) is 23.4 Å². The minimum atomic E-state index is -0.351. The third kappa shape index (κ3) is 4.29. The first-order valence-electron chi connectivity index (χ1n) is 8.14. The minimum Gasteiger partial charge on any atom is -0.351 e. The van der Waals surface area contributed by atoms with Crippen molar-refractivity contribution in [2.24, 2.45) is 7.05 Å². The molecule has 2 aromatic carbocycles. The zero-order valence-electron chi connectivity index (χ0n) is 14.6. The summed E-state index contributed by atoms with van der Waals surface area (Å²) in [6.07, 6.45) is 0. The molecule has 1 amide bonds. The van der Waals surface area contributed by atoms with Crippen molar-refractivity contribution >= 4 is 17.7 Å². The van der Waals surface area contributed by atoms with Crippen molar-refractivity contribution < 1.29 is 9.18 Å². The molecule has 0 radical (unpaired) electrons. The maximum atomic E-state index is 13.9. The van der Waals surface area contributed by atoms with E-state index in [9.17, 15) is 9.18 Å². The van der Waals surface area contributed by atoms with Crippen LogP contribution < -0.4 is 5.32 Å². The van der Waals surface area contributed by atoms with Crippen LogP contribution in [0.15, 0.2) is 53.7 Å². The van der Waals surface area contributed by atoms with Gasteiger partial charge in [-0.25, -0.2) is 4.39 Å². The van der Waals surface area contributed by atoms with E-state index in [2.05, 4.69) is 15.5 Å². The fraction of sp³-hybridized carbons (Fsp3) is 0.211. The summed E-state index contributed by atoms with van der Waals surface area (Å²) in [5, 5.41) is 11.6. The number of thioether (sulfide) groups is 1. The zero-order valence-corrected chi connectivity index (χ0v) is 15.4. The number of nitrogens with zero attached hydrogens (tertiary/aromatic N) is 3. The number of carbonyl (C=O) groups excluding carboxylic acids is 1. The van der Waals surface area contributed by atoms with Gasteiger partial charge in [0, 0.05) is 13.6 Å². The molecule has 134 valence electrons. The summed E-state index contributed by atoms with van der Waals surface area (Å²) in [6.45, 7) is 2.51. The van der Waals surface area contributed by atoms with Crippen molar-refractivity contribution in [1.82, 2.24) is 20.1 Å². The first-order valence-corrected chi connectivity index (χ1v) is 9.12. The molecule has 0 atom stereocenters. The molecular formula is C19H19FN4OS. The number of aryl methyl sites for hydroxylation is 1. The van der Waals surface area contributed by atoms with Gasteiger partial charge in [-0.15, -0.1) is 10.2 Å². The van der Waals surface area contributed by atoms with Crippen LogP contribution >= 0.6 is 11.8 Å². The summed E-state index contributed by atoms with van der Waals surface area (Å²) < 4.78 is 15.6. The second kappa shape index (κ2) is 8.14. The Hall–Kier alpha value is -2.67. The molecule has 7 heteroatoms. The number of halogens is 1. The molecule has 3 rings (SSSR count). The molecule has 1 aromatic heterocycles. The molecule has 1 heterocycles. The molecule has 0 saturated heterocycles. The standard InChI is InChI=1S/C19H19FN4OS/c1-13-7-9-14(10-8-13)11-21-17(25)12-26-19-23-22-18(24(19)2)15-5-3-4-6-16(15)20/h3-10H,11-12H2,1-2H3,(H,21,25). The highest BCUT2D eigenvalue weighted by molar-refractivity contribution is 7.99. The molecule has 0 aliphatic carbocycles. The lowest BCUT2D eigenvalue weighted by Gasteiger charge is -2.06. The summed E-state index contributed by atoms with van der Waals surface area (Å²) in [5.74, 6) is 0.210. The van der Waals surface area contributed by atoms with E-state index in [1.807, 2.05) is 31.2 Å². The highest BCUT2D eigenvalue weighted by Crippen LogP contribution is 2.24. The molecule has 0 fully saturated rings. The molecule has 0 aliphatic heterocycles. The normalized spacial score (nSPS) is 10.7. The van der Waals surface area contributed by atoms with Crippen LogP contribution in [0.1, 0.15) is 11.1 Å². The molecule has 1 N–H and O–H groups in total. The Morgan fingerprint density at radius 3 is 2.62 bits per heavy atom. The predicted molar refractivity (Wildman–Crippen MR) is 100 cm³/mol. The number of carbonyl (C=O) groups is 1. The van der Waals surface area contributed by atoms with Crippen LogP contribution in [0.4, 0.5) is 4.39 Å². The Labute approximate surface area is 155 Å². The monoisotopic (exact) mass is 370 g/mol. The van der Waals surface area contributed by atoms with Crippen LogP contribution in [-0.2, 0) is 18.4 Å². The van der Waals surface area contributed by atoms with Gasteiger partial charge >= 0.3 is 0 Å². The molecule has 0 saturated carbocycles. The summed E-state index contributed by atoms with van der Waals surface area (Å²) in [7, 11) is 1.76. The van der Waals surface area contributed by atoms with Crippen molar-refractivity contribution in [2.75, 3.05) is 5.75 Å². The quantitative estimate of drug-likeness (QED) is 0.676. The van der Waals surface area contributed by atoms with Crippen molar-refractivity contribution in [3.05, 3.63) is 65.5 Å². The summed E-state index contributed by atoms with van der Waals surface area (Å²) in [5.41, 5.74) is 2.62. The average molecular weight is 370 g/mol. The van der Waals surface area contributed by atoms with Crippen LogP contribution in [0, 0.1) is 12.7 Å². The van der Waals surface area contributed by atoms with Crippen molar-refractivity contribution in [3.8, 4) is 11.4 Å². The second-order valence-electron chi connectivity index (χ2n) is 5.90. The Morgan fingerprint density at radius 1 is 1.15 bits per heavy atom. The maximum absolute atomic E-state index is 13.9. The van der Waals surface area contributed by atoms with E-state index in [-0.39, 0.29) is 17.5 Å². The third-order valence-electron chi connectivity index (χ3n) is 3.89. The fourth-order valence-electron chi connectivity index (χ4n) is 2.41. The molecule has 0 aliphatic rings. The number of amides is 1. The maximum Gasteiger partial charge on any atom is 0.230 e. The Kier molecular flexibility index (Phi) is 5.68. The lowest BCUT2D eigenvalue weighted by atomic mass is 10.1. The Bertz CT molecular complexity index is 908. The smallest absolute Gasteiger partial charge is 0.230 e. The van der Waals surface area contributed by atoms with Crippen LogP contribution in [0.3, 0.4) is 0 Å². The number of benzene rings is 2.